The smallest absolute Gasteiger partial charge is 0.254 e. The van der Waals surface area contributed by atoms with Crippen molar-refractivity contribution in [2.24, 2.45) is 0 Å². The van der Waals surface area contributed by atoms with Crippen molar-refractivity contribution in [1.29, 1.82) is 0 Å². The number of pyridine rings is 1. The van der Waals surface area contributed by atoms with Crippen molar-refractivity contribution in [1.82, 2.24) is 9.88 Å². The molecule has 0 aliphatic carbocycles. The summed E-state index contributed by atoms with van der Waals surface area (Å²) in [5.41, 5.74) is 9.49. The minimum absolute atomic E-state index is 0.0388. The number of benzene rings is 5. The largest absolute Gasteiger partial charge is 0.334 e. The van der Waals surface area contributed by atoms with Gasteiger partial charge in [-0.25, -0.2) is 4.98 Å². The molecule has 5 aromatic carbocycles. The highest BCUT2D eigenvalue weighted by Gasteiger charge is 2.25. The van der Waals surface area contributed by atoms with Crippen molar-refractivity contribution >= 4 is 16.7 Å². The third-order valence-corrected chi connectivity index (χ3v) is 10.1. The number of quaternary nitrogens is 1. The summed E-state index contributed by atoms with van der Waals surface area (Å²) in [6.45, 7) is 14.6. The molecule has 0 atom stereocenters. The highest BCUT2D eigenvalue weighted by molar-refractivity contribution is 5.96. The Kier molecular flexibility index (Phi) is 11.2. The van der Waals surface area contributed by atoms with Crippen molar-refractivity contribution < 1.29 is 9.28 Å². The molecule has 0 saturated heterocycles. The van der Waals surface area contributed by atoms with E-state index in [0.29, 0.717) is 18.7 Å². The lowest BCUT2D eigenvalue weighted by molar-refractivity contribution is -0.938. The van der Waals surface area contributed by atoms with Crippen LogP contribution in [0.2, 0.25) is 0 Å². The van der Waals surface area contributed by atoms with Gasteiger partial charge in [0, 0.05) is 35.3 Å². The maximum Gasteiger partial charge on any atom is 0.254 e. The third kappa shape index (κ3) is 8.56. The normalized spacial score (nSPS) is 11.5. The van der Waals surface area contributed by atoms with E-state index in [1.807, 2.05) is 48.5 Å². The van der Waals surface area contributed by atoms with Crippen molar-refractivity contribution in [3.8, 4) is 22.5 Å². The van der Waals surface area contributed by atoms with Gasteiger partial charge < -0.3 is 9.38 Å². The zero-order chi connectivity index (χ0) is 34.9. The number of carbonyl (C=O) groups is 1. The number of carbonyl (C=O) groups excluding carboxylic acids is 1. The molecule has 0 radical (unpaired) electrons. The zero-order valence-corrected chi connectivity index (χ0v) is 30.1. The second kappa shape index (κ2) is 16.1. The summed E-state index contributed by atoms with van der Waals surface area (Å²) in [7, 11) is 0. The Balaban J connectivity index is 1.28. The van der Waals surface area contributed by atoms with Crippen LogP contribution in [0.25, 0.3) is 33.3 Å². The molecule has 4 heteroatoms. The highest BCUT2D eigenvalue weighted by atomic mass is 16.2. The quantitative estimate of drug-likeness (QED) is 0.0860. The predicted octanol–water partition coefficient (Wildman–Crippen LogP) is 10.7. The number of amides is 1. The standard InChI is InChI=1S/C46H50N3O/c1-5-49(6-2,34-38-28-35(3)27-36(4)29-38)26-16-15-25-48(33-37-23-24-39-17-13-14-22-42(39)30-37)46(50)43-31-44(40-18-9-7-10-19-40)47-45(32-43)41-20-11-8-12-21-41/h7-14,17-24,27-32H,5-6,15-16,25-26,33-34H2,1-4H3/q+1. The number of hydrogen-bond donors (Lipinski definition) is 0. The Labute approximate surface area is 298 Å². The molecule has 0 bridgehead atoms. The Morgan fingerprint density at radius 2 is 1.20 bits per heavy atom. The summed E-state index contributed by atoms with van der Waals surface area (Å²) >= 11 is 0. The van der Waals surface area contributed by atoms with Gasteiger partial charge in [0.15, 0.2) is 0 Å². The molecule has 0 aliphatic rings. The van der Waals surface area contributed by atoms with Gasteiger partial charge in [0.25, 0.3) is 5.91 Å². The van der Waals surface area contributed by atoms with Crippen LogP contribution in [-0.4, -0.2) is 46.5 Å². The monoisotopic (exact) mass is 660 g/mol. The topological polar surface area (TPSA) is 33.2 Å². The van der Waals surface area contributed by atoms with Crippen LogP contribution in [0, 0.1) is 13.8 Å². The van der Waals surface area contributed by atoms with Crippen molar-refractivity contribution in [3.63, 3.8) is 0 Å². The number of aryl methyl sites for hydroxylation is 2. The van der Waals surface area contributed by atoms with Gasteiger partial charge in [-0.3, -0.25) is 4.79 Å². The number of hydrogen-bond acceptors (Lipinski definition) is 2. The molecule has 254 valence electrons. The number of rotatable bonds is 14. The van der Waals surface area contributed by atoms with E-state index in [4.69, 9.17) is 4.98 Å². The van der Waals surface area contributed by atoms with Gasteiger partial charge in [0.05, 0.1) is 31.0 Å². The van der Waals surface area contributed by atoms with Crippen LogP contribution in [0.5, 0.6) is 0 Å². The Morgan fingerprint density at radius 3 is 1.80 bits per heavy atom. The molecule has 6 rings (SSSR count). The van der Waals surface area contributed by atoms with E-state index < -0.39 is 0 Å². The first-order valence-electron chi connectivity index (χ1n) is 18.2. The average molecular weight is 661 g/mol. The molecule has 0 saturated carbocycles. The molecule has 1 heterocycles. The van der Waals surface area contributed by atoms with E-state index in [9.17, 15) is 4.79 Å². The lowest BCUT2D eigenvalue weighted by atomic mass is 10.0. The second-order valence-electron chi connectivity index (χ2n) is 13.8. The van der Waals surface area contributed by atoms with E-state index in [-0.39, 0.29) is 5.91 Å². The lowest BCUT2D eigenvalue weighted by Crippen LogP contribution is -2.47. The molecule has 1 aromatic heterocycles. The van der Waals surface area contributed by atoms with Crippen LogP contribution in [0.3, 0.4) is 0 Å². The summed E-state index contributed by atoms with van der Waals surface area (Å²) in [6, 6.07) is 46.2. The first-order valence-corrected chi connectivity index (χ1v) is 18.2. The maximum atomic E-state index is 14.7. The Hall–Kier alpha value is -5.06. The van der Waals surface area contributed by atoms with Gasteiger partial charge in [-0.1, -0.05) is 126 Å². The summed E-state index contributed by atoms with van der Waals surface area (Å²) in [5, 5.41) is 2.40. The van der Waals surface area contributed by atoms with E-state index in [0.717, 1.165) is 71.6 Å². The number of unbranched alkanes of at least 4 members (excludes halogenated alkanes) is 1. The Morgan fingerprint density at radius 1 is 0.620 bits per heavy atom. The lowest BCUT2D eigenvalue weighted by Gasteiger charge is -2.37. The summed E-state index contributed by atoms with van der Waals surface area (Å²) in [5.74, 6) is 0.0388. The van der Waals surface area contributed by atoms with E-state index in [2.05, 4.69) is 118 Å². The molecular formula is C46H50N3O+. The van der Waals surface area contributed by atoms with E-state index >= 15 is 0 Å². The fraction of sp³-hybridized carbons (Fsp3) is 0.261. The molecule has 1 amide bonds. The minimum atomic E-state index is 0.0388. The van der Waals surface area contributed by atoms with Crippen LogP contribution in [-0.2, 0) is 13.1 Å². The van der Waals surface area contributed by atoms with E-state index in [1.165, 1.54) is 27.5 Å². The first kappa shape index (κ1) is 34.8. The molecule has 0 spiro atoms. The average Bonchev–Trinajstić information content (AvgIpc) is 3.15. The van der Waals surface area contributed by atoms with Gasteiger partial charge in [-0.05, 0) is 75.1 Å². The van der Waals surface area contributed by atoms with E-state index in [1.54, 1.807) is 0 Å². The van der Waals surface area contributed by atoms with Crippen molar-refractivity contribution in [3.05, 3.63) is 161 Å². The number of fused-ring (bicyclic) bond motifs is 1. The maximum absolute atomic E-state index is 14.7. The SMILES string of the molecule is CC[N+](CC)(CCCCN(Cc1ccc2ccccc2c1)C(=O)c1cc(-c2ccccc2)nc(-c2ccccc2)c1)Cc1cc(C)cc(C)c1. The van der Waals surface area contributed by atoms with Crippen molar-refractivity contribution in [2.45, 2.75) is 53.6 Å². The minimum Gasteiger partial charge on any atom is -0.334 e. The molecule has 0 unspecified atom stereocenters. The van der Waals surface area contributed by atoms with Crippen LogP contribution in [0.4, 0.5) is 0 Å². The van der Waals surface area contributed by atoms with Crippen LogP contribution in [0.15, 0.2) is 133 Å². The second-order valence-corrected chi connectivity index (χ2v) is 13.8. The number of aromatic nitrogens is 1. The van der Waals surface area contributed by atoms with Crippen molar-refractivity contribution in [2.75, 3.05) is 26.2 Å². The number of nitrogens with zero attached hydrogens (tertiary/aromatic N) is 3. The summed E-state index contributed by atoms with van der Waals surface area (Å²) in [6.07, 6.45) is 1.99. The molecule has 0 N–H and O–H groups in total. The zero-order valence-electron chi connectivity index (χ0n) is 30.1. The predicted molar refractivity (Wildman–Crippen MR) is 209 cm³/mol. The summed E-state index contributed by atoms with van der Waals surface area (Å²) in [4.78, 5) is 21.8. The molecule has 4 nitrogen and oxygen atoms in total. The molecular weight excluding hydrogens is 611 g/mol. The van der Waals surface area contributed by atoms with Gasteiger partial charge >= 0.3 is 0 Å². The van der Waals surface area contributed by atoms with Gasteiger partial charge in [-0.15, -0.1) is 0 Å². The molecule has 0 aliphatic heterocycles. The third-order valence-electron chi connectivity index (χ3n) is 10.1. The molecule has 0 fully saturated rings. The Bertz CT molecular complexity index is 1950. The summed E-state index contributed by atoms with van der Waals surface area (Å²) < 4.78 is 1.05. The van der Waals surface area contributed by atoms with Crippen LogP contribution < -0.4 is 0 Å². The van der Waals surface area contributed by atoms with Gasteiger partial charge in [0.1, 0.15) is 6.54 Å². The molecule has 6 aromatic rings. The first-order chi connectivity index (χ1) is 24.3. The fourth-order valence-corrected chi connectivity index (χ4v) is 7.30. The van der Waals surface area contributed by atoms with Crippen LogP contribution in [0.1, 0.15) is 59.3 Å². The highest BCUT2D eigenvalue weighted by Crippen LogP contribution is 2.27. The van der Waals surface area contributed by atoms with Crippen LogP contribution >= 0.6 is 0 Å². The van der Waals surface area contributed by atoms with Gasteiger partial charge in [0.2, 0.25) is 0 Å². The molecule has 50 heavy (non-hydrogen) atoms. The fourth-order valence-electron chi connectivity index (χ4n) is 7.30. The van der Waals surface area contributed by atoms with Gasteiger partial charge in [-0.2, -0.15) is 0 Å².